The molecule has 2 aromatic heterocycles. The number of nitriles is 1. The summed E-state index contributed by atoms with van der Waals surface area (Å²) in [6.45, 7) is 4.89. The van der Waals surface area contributed by atoms with Gasteiger partial charge in [-0.1, -0.05) is 0 Å². The molecule has 38 heavy (non-hydrogen) atoms. The Morgan fingerprint density at radius 3 is 2.47 bits per heavy atom. The molecule has 0 spiro atoms. The minimum Gasteiger partial charge on any atom is -0.495 e. The number of hydrogen-bond acceptors (Lipinski definition) is 7. The Morgan fingerprint density at radius 2 is 1.92 bits per heavy atom. The van der Waals surface area contributed by atoms with Crippen LogP contribution in [0.5, 0.6) is 5.75 Å². The Bertz CT molecular complexity index is 1380. The fraction of sp³-hybridized carbons (Fsp3) is 0.370. The van der Waals surface area contributed by atoms with Crippen molar-refractivity contribution in [1.82, 2.24) is 15.2 Å². The van der Waals surface area contributed by atoms with Gasteiger partial charge in [0, 0.05) is 29.8 Å². The first-order valence-electron chi connectivity index (χ1n) is 11.8. The number of nitrogens with zero attached hydrogens (tertiary/aromatic N) is 5. The molecule has 1 amide bonds. The van der Waals surface area contributed by atoms with Gasteiger partial charge in [-0.3, -0.25) is 9.88 Å². The molecule has 1 aliphatic carbocycles. The Kier molecular flexibility index (Phi) is 7.26. The Labute approximate surface area is 218 Å². The van der Waals surface area contributed by atoms with Crippen molar-refractivity contribution < 1.29 is 27.4 Å². The minimum atomic E-state index is -1.18. The van der Waals surface area contributed by atoms with E-state index in [1.54, 1.807) is 20.8 Å². The summed E-state index contributed by atoms with van der Waals surface area (Å²) < 4.78 is 54.2. The lowest BCUT2D eigenvalue weighted by Gasteiger charge is -2.46. The van der Waals surface area contributed by atoms with Crippen LogP contribution in [0.2, 0.25) is 0 Å². The van der Waals surface area contributed by atoms with Gasteiger partial charge in [0.25, 0.3) is 0 Å². The number of halogens is 3. The van der Waals surface area contributed by atoms with Gasteiger partial charge in [-0.2, -0.15) is 5.26 Å². The number of carbonyl (C=O) groups is 1. The third-order valence-corrected chi connectivity index (χ3v) is 6.17. The van der Waals surface area contributed by atoms with Crippen LogP contribution in [0.25, 0.3) is 11.3 Å². The zero-order valence-electron chi connectivity index (χ0n) is 21.3. The van der Waals surface area contributed by atoms with Crippen LogP contribution in [-0.2, 0) is 10.2 Å². The number of pyridine rings is 1. The maximum absolute atomic E-state index is 14.7. The number of ether oxygens (including phenoxy) is 2. The molecule has 11 heteroatoms. The van der Waals surface area contributed by atoms with E-state index in [4.69, 9.17) is 9.47 Å². The molecule has 0 saturated heterocycles. The topological polar surface area (TPSA) is 101 Å². The van der Waals surface area contributed by atoms with Crippen LogP contribution in [0.4, 0.5) is 23.8 Å². The summed E-state index contributed by atoms with van der Waals surface area (Å²) in [7, 11) is 1.33. The molecule has 0 atom stereocenters. The fourth-order valence-electron chi connectivity index (χ4n) is 4.44. The van der Waals surface area contributed by atoms with Gasteiger partial charge < -0.3 is 9.47 Å². The maximum Gasteiger partial charge on any atom is 0.416 e. The average Bonchev–Trinajstić information content (AvgIpc) is 2.85. The lowest BCUT2D eigenvalue weighted by atomic mass is 9.64. The lowest BCUT2D eigenvalue weighted by molar-refractivity contribution is 0.0507. The summed E-state index contributed by atoms with van der Waals surface area (Å²) >= 11 is 0. The van der Waals surface area contributed by atoms with E-state index in [1.165, 1.54) is 43.6 Å². The third-order valence-electron chi connectivity index (χ3n) is 6.17. The summed E-state index contributed by atoms with van der Waals surface area (Å²) in [5.41, 5.74) is -1.70. The van der Waals surface area contributed by atoms with Crippen molar-refractivity contribution in [2.45, 2.75) is 50.8 Å². The zero-order chi connectivity index (χ0) is 27.7. The lowest BCUT2D eigenvalue weighted by Crippen LogP contribution is -2.54. The highest BCUT2D eigenvalue weighted by atomic mass is 19.1. The molecule has 1 aromatic carbocycles. The van der Waals surface area contributed by atoms with Crippen molar-refractivity contribution in [3.8, 4) is 23.1 Å². The van der Waals surface area contributed by atoms with Gasteiger partial charge in [0.05, 0.1) is 24.1 Å². The van der Waals surface area contributed by atoms with E-state index in [2.05, 4.69) is 15.2 Å². The first kappa shape index (κ1) is 26.9. The van der Waals surface area contributed by atoms with E-state index in [1.807, 2.05) is 6.07 Å². The third kappa shape index (κ3) is 5.39. The molecule has 1 saturated carbocycles. The summed E-state index contributed by atoms with van der Waals surface area (Å²) in [5.74, 6) is -1.17. The van der Waals surface area contributed by atoms with Crippen LogP contribution in [0, 0.1) is 23.0 Å². The standard InChI is InChI=1S/C27H26F3N5O3/c1-26(2,3)38-25(36)35(15-27(12-17(28)13-27)24-19(29)6-5-9-32-24)23-8-7-21(33-34-23)18-10-16(14-31)22(37-4)11-20(18)30/h5-11,17H,12-13,15H2,1-4H3/t17-,27+. The van der Waals surface area contributed by atoms with E-state index in [0.717, 1.165) is 11.0 Å². The smallest absolute Gasteiger partial charge is 0.416 e. The zero-order valence-corrected chi connectivity index (χ0v) is 21.3. The number of amides is 1. The van der Waals surface area contributed by atoms with E-state index >= 15 is 0 Å². The van der Waals surface area contributed by atoms with Crippen molar-refractivity contribution in [3.63, 3.8) is 0 Å². The molecule has 0 unspecified atom stereocenters. The van der Waals surface area contributed by atoms with Crippen molar-refractivity contribution in [1.29, 1.82) is 5.26 Å². The van der Waals surface area contributed by atoms with Gasteiger partial charge in [0.15, 0.2) is 5.82 Å². The van der Waals surface area contributed by atoms with Crippen LogP contribution in [0.15, 0.2) is 42.6 Å². The number of rotatable bonds is 6. The molecular weight excluding hydrogens is 499 g/mol. The number of benzene rings is 1. The quantitative estimate of drug-likeness (QED) is 0.418. The Morgan fingerprint density at radius 1 is 1.18 bits per heavy atom. The number of anilines is 1. The Hall–Kier alpha value is -4.20. The van der Waals surface area contributed by atoms with Gasteiger partial charge in [0.1, 0.15) is 35.2 Å². The van der Waals surface area contributed by atoms with Crippen molar-refractivity contribution in [2.24, 2.45) is 0 Å². The second-order valence-electron chi connectivity index (χ2n) is 10.1. The summed E-state index contributed by atoms with van der Waals surface area (Å²) in [5, 5.41) is 17.5. The number of methoxy groups -OCH3 is 1. The van der Waals surface area contributed by atoms with Crippen LogP contribution in [-0.4, -0.2) is 46.7 Å². The molecule has 198 valence electrons. The first-order valence-corrected chi connectivity index (χ1v) is 11.8. The molecule has 2 heterocycles. The van der Waals surface area contributed by atoms with Crippen molar-refractivity contribution in [3.05, 3.63) is 65.5 Å². The fourth-order valence-corrected chi connectivity index (χ4v) is 4.44. The van der Waals surface area contributed by atoms with E-state index in [0.29, 0.717) is 0 Å². The van der Waals surface area contributed by atoms with Crippen molar-refractivity contribution >= 4 is 11.9 Å². The number of hydrogen-bond donors (Lipinski definition) is 0. The number of aromatic nitrogens is 3. The largest absolute Gasteiger partial charge is 0.495 e. The van der Waals surface area contributed by atoms with Gasteiger partial charge in [-0.15, -0.1) is 10.2 Å². The van der Waals surface area contributed by atoms with E-state index in [-0.39, 0.29) is 53.5 Å². The average molecular weight is 526 g/mol. The van der Waals surface area contributed by atoms with Crippen molar-refractivity contribution in [2.75, 3.05) is 18.6 Å². The van der Waals surface area contributed by atoms with Crippen LogP contribution in [0.3, 0.4) is 0 Å². The van der Waals surface area contributed by atoms with E-state index < -0.39 is 34.9 Å². The second-order valence-corrected chi connectivity index (χ2v) is 10.1. The molecule has 1 aliphatic rings. The molecule has 1 fully saturated rings. The van der Waals surface area contributed by atoms with Gasteiger partial charge >= 0.3 is 6.09 Å². The number of carbonyl (C=O) groups excluding carboxylic acids is 1. The van der Waals surface area contributed by atoms with Crippen LogP contribution in [0.1, 0.15) is 44.9 Å². The van der Waals surface area contributed by atoms with E-state index in [9.17, 15) is 23.2 Å². The summed E-state index contributed by atoms with van der Waals surface area (Å²) in [6.07, 6.45) is -0.644. The molecule has 8 nitrogen and oxygen atoms in total. The highest BCUT2D eigenvalue weighted by molar-refractivity contribution is 5.87. The molecule has 0 bridgehead atoms. The second kappa shape index (κ2) is 10.3. The highest BCUT2D eigenvalue weighted by Crippen LogP contribution is 2.46. The molecule has 3 aromatic rings. The Balaban J connectivity index is 1.72. The van der Waals surface area contributed by atoms with Gasteiger partial charge in [-0.05, 0) is 63.9 Å². The molecule has 0 aliphatic heterocycles. The van der Waals surface area contributed by atoms with Gasteiger partial charge in [-0.25, -0.2) is 18.0 Å². The normalized spacial score (nSPS) is 18.7. The predicted molar refractivity (Wildman–Crippen MR) is 132 cm³/mol. The molecule has 4 rings (SSSR count). The first-order chi connectivity index (χ1) is 18.0. The number of alkyl halides is 1. The summed E-state index contributed by atoms with van der Waals surface area (Å²) in [6, 6.07) is 9.83. The van der Waals surface area contributed by atoms with Crippen LogP contribution < -0.4 is 9.64 Å². The van der Waals surface area contributed by atoms with Crippen LogP contribution >= 0.6 is 0 Å². The predicted octanol–water partition coefficient (Wildman–Crippen LogP) is 5.51. The maximum atomic E-state index is 14.7. The van der Waals surface area contributed by atoms with Gasteiger partial charge in [0.2, 0.25) is 0 Å². The molecule has 0 N–H and O–H groups in total. The highest BCUT2D eigenvalue weighted by Gasteiger charge is 2.51. The monoisotopic (exact) mass is 525 g/mol. The molecule has 0 radical (unpaired) electrons. The molecular formula is C27H26F3N5O3. The SMILES string of the molecule is COc1cc(F)c(-c2ccc(N(C[C@]3(c4ncccc4F)C[C@@H](F)C3)C(=O)OC(C)(C)C)nn2)cc1C#N. The minimum absolute atomic E-state index is 0.0107. The summed E-state index contributed by atoms with van der Waals surface area (Å²) in [4.78, 5) is 18.6.